The minimum Gasteiger partial charge on any atom is -0.353 e. The Labute approximate surface area is 148 Å². The third kappa shape index (κ3) is 4.23. The Kier molecular flexibility index (Phi) is 5.42. The number of aryl methyl sites for hydroxylation is 1. The maximum atomic E-state index is 12.5. The number of likely N-dealkylation sites (N-methyl/N-ethyl adjacent to an activating group) is 1. The average Bonchev–Trinajstić information content (AvgIpc) is 2.67. The second-order valence-electron chi connectivity index (χ2n) is 6.40. The van der Waals surface area contributed by atoms with Gasteiger partial charge >= 0.3 is 6.03 Å². The van der Waals surface area contributed by atoms with Gasteiger partial charge in [-0.3, -0.25) is 4.98 Å². The van der Waals surface area contributed by atoms with Gasteiger partial charge in [0.15, 0.2) is 5.82 Å². The zero-order valence-electron chi connectivity index (χ0n) is 14.7. The van der Waals surface area contributed by atoms with Crippen LogP contribution in [0.15, 0.2) is 36.8 Å². The lowest BCUT2D eigenvalue weighted by Crippen LogP contribution is -2.51. The number of carbonyl (C=O) groups excluding carboxylic acids is 1. The van der Waals surface area contributed by atoms with Gasteiger partial charge in [0.25, 0.3) is 0 Å². The van der Waals surface area contributed by atoms with E-state index in [1.54, 1.807) is 17.3 Å². The van der Waals surface area contributed by atoms with E-state index in [2.05, 4.69) is 25.4 Å². The molecule has 3 rings (SSSR count). The van der Waals surface area contributed by atoms with E-state index in [0.717, 1.165) is 42.9 Å². The number of hydrogen-bond acceptors (Lipinski definition) is 5. The largest absolute Gasteiger partial charge is 0.353 e. The molecule has 0 radical (unpaired) electrons. The standard InChI is InChI=1S/C18H24N6O/c1-14-11-19-9-7-15(14)12-20-18(25)23(2)16-5-4-10-24(13-16)17-6-3-8-21-22-17/h3,6-9,11,16H,4-5,10,12-13H2,1-2H3,(H,20,25)/t16-/m0/s1. The van der Waals surface area contributed by atoms with Gasteiger partial charge in [0.1, 0.15) is 0 Å². The van der Waals surface area contributed by atoms with Gasteiger partial charge in [-0.05, 0) is 49.1 Å². The summed E-state index contributed by atoms with van der Waals surface area (Å²) in [6.07, 6.45) is 7.26. The van der Waals surface area contributed by atoms with Gasteiger partial charge in [-0.1, -0.05) is 0 Å². The molecule has 132 valence electrons. The second kappa shape index (κ2) is 7.92. The fraction of sp³-hybridized carbons (Fsp3) is 0.444. The zero-order chi connectivity index (χ0) is 17.6. The molecule has 7 heteroatoms. The Bertz CT molecular complexity index is 708. The number of aromatic nitrogens is 3. The van der Waals surface area contributed by atoms with Gasteiger partial charge in [-0.15, -0.1) is 5.10 Å². The van der Waals surface area contributed by atoms with E-state index in [4.69, 9.17) is 0 Å². The summed E-state index contributed by atoms with van der Waals surface area (Å²) in [5.74, 6) is 0.869. The normalized spacial score (nSPS) is 17.2. The van der Waals surface area contributed by atoms with Crippen molar-refractivity contribution in [3.05, 3.63) is 47.9 Å². The second-order valence-corrected chi connectivity index (χ2v) is 6.40. The lowest BCUT2D eigenvalue weighted by molar-refractivity contribution is 0.182. The number of piperidine rings is 1. The molecule has 0 aliphatic carbocycles. The van der Waals surface area contributed by atoms with Crippen LogP contribution in [0.4, 0.5) is 10.6 Å². The van der Waals surface area contributed by atoms with Crippen LogP contribution in [0.2, 0.25) is 0 Å². The van der Waals surface area contributed by atoms with Crippen LogP contribution >= 0.6 is 0 Å². The van der Waals surface area contributed by atoms with Crippen LogP contribution in [-0.2, 0) is 6.54 Å². The molecule has 3 heterocycles. The van der Waals surface area contributed by atoms with E-state index in [0.29, 0.717) is 6.54 Å². The topological polar surface area (TPSA) is 74.2 Å². The minimum atomic E-state index is -0.0535. The molecule has 2 amide bonds. The highest BCUT2D eigenvalue weighted by Crippen LogP contribution is 2.19. The predicted molar refractivity (Wildman–Crippen MR) is 96.2 cm³/mol. The van der Waals surface area contributed by atoms with Crippen molar-refractivity contribution >= 4 is 11.8 Å². The molecule has 1 aliphatic rings. The van der Waals surface area contributed by atoms with Crippen molar-refractivity contribution in [2.75, 3.05) is 25.0 Å². The summed E-state index contributed by atoms with van der Waals surface area (Å²) in [7, 11) is 1.86. The first-order chi connectivity index (χ1) is 12.1. The van der Waals surface area contributed by atoms with E-state index >= 15 is 0 Å². The van der Waals surface area contributed by atoms with Crippen molar-refractivity contribution in [2.24, 2.45) is 0 Å². The smallest absolute Gasteiger partial charge is 0.317 e. The first-order valence-corrected chi connectivity index (χ1v) is 8.58. The number of urea groups is 1. The van der Waals surface area contributed by atoms with Gasteiger partial charge in [-0.25, -0.2) is 4.79 Å². The highest BCUT2D eigenvalue weighted by atomic mass is 16.2. The maximum absolute atomic E-state index is 12.5. The van der Waals surface area contributed by atoms with Crippen molar-refractivity contribution in [2.45, 2.75) is 32.4 Å². The quantitative estimate of drug-likeness (QED) is 0.921. The average molecular weight is 340 g/mol. The zero-order valence-corrected chi connectivity index (χ0v) is 14.7. The fourth-order valence-electron chi connectivity index (χ4n) is 3.10. The number of pyridine rings is 1. The van der Waals surface area contributed by atoms with Crippen LogP contribution in [0.1, 0.15) is 24.0 Å². The molecule has 25 heavy (non-hydrogen) atoms. The van der Waals surface area contributed by atoms with E-state index < -0.39 is 0 Å². The third-order valence-corrected chi connectivity index (χ3v) is 4.71. The van der Waals surface area contributed by atoms with Crippen molar-refractivity contribution < 1.29 is 4.79 Å². The molecule has 1 N–H and O–H groups in total. The SMILES string of the molecule is Cc1cnccc1CNC(=O)N(C)[C@H]1CCCN(c2cccnn2)C1. The summed E-state index contributed by atoms with van der Waals surface area (Å²) in [6.45, 7) is 4.23. The van der Waals surface area contributed by atoms with Crippen molar-refractivity contribution in [1.29, 1.82) is 0 Å². The Morgan fingerprint density at radius 3 is 3.04 bits per heavy atom. The molecule has 1 fully saturated rings. The number of hydrogen-bond donors (Lipinski definition) is 1. The number of amides is 2. The summed E-state index contributed by atoms with van der Waals surface area (Å²) in [4.78, 5) is 20.6. The van der Waals surface area contributed by atoms with Gasteiger partial charge in [0.2, 0.25) is 0 Å². The molecule has 1 atom stereocenters. The molecular weight excluding hydrogens is 316 g/mol. The number of nitrogens with zero attached hydrogens (tertiary/aromatic N) is 5. The molecular formula is C18H24N6O. The Hall–Kier alpha value is -2.70. The lowest BCUT2D eigenvalue weighted by Gasteiger charge is -2.38. The summed E-state index contributed by atoms with van der Waals surface area (Å²) in [5.41, 5.74) is 2.17. The fourth-order valence-corrected chi connectivity index (χ4v) is 3.10. The maximum Gasteiger partial charge on any atom is 0.317 e. The summed E-state index contributed by atoms with van der Waals surface area (Å²) in [5, 5.41) is 11.1. The Morgan fingerprint density at radius 2 is 2.28 bits per heavy atom. The van der Waals surface area contributed by atoms with E-state index in [1.165, 1.54) is 0 Å². The molecule has 0 unspecified atom stereocenters. The van der Waals surface area contributed by atoms with Gasteiger partial charge < -0.3 is 15.1 Å². The monoisotopic (exact) mass is 340 g/mol. The van der Waals surface area contributed by atoms with E-state index in [-0.39, 0.29) is 12.1 Å². The van der Waals surface area contributed by atoms with Crippen LogP contribution in [0.3, 0.4) is 0 Å². The Morgan fingerprint density at radius 1 is 1.40 bits per heavy atom. The molecule has 1 saturated heterocycles. The van der Waals surface area contributed by atoms with Crippen molar-refractivity contribution in [3.63, 3.8) is 0 Å². The van der Waals surface area contributed by atoms with Crippen LogP contribution in [0, 0.1) is 6.92 Å². The van der Waals surface area contributed by atoms with Gasteiger partial charge in [-0.2, -0.15) is 5.10 Å². The highest BCUT2D eigenvalue weighted by Gasteiger charge is 2.26. The highest BCUT2D eigenvalue weighted by molar-refractivity contribution is 5.74. The van der Waals surface area contributed by atoms with Crippen LogP contribution in [0.5, 0.6) is 0 Å². The number of anilines is 1. The molecule has 0 spiro atoms. The first kappa shape index (κ1) is 17.1. The van der Waals surface area contributed by atoms with Crippen LogP contribution < -0.4 is 10.2 Å². The minimum absolute atomic E-state index is 0.0535. The Balaban J connectivity index is 1.57. The van der Waals surface area contributed by atoms with Crippen LogP contribution in [-0.4, -0.2) is 52.3 Å². The molecule has 7 nitrogen and oxygen atoms in total. The first-order valence-electron chi connectivity index (χ1n) is 8.58. The van der Waals surface area contributed by atoms with Gasteiger partial charge in [0.05, 0.1) is 6.04 Å². The number of rotatable bonds is 4. The summed E-state index contributed by atoms with van der Waals surface area (Å²) < 4.78 is 0. The predicted octanol–water partition coefficient (Wildman–Crippen LogP) is 1.99. The molecule has 1 aliphatic heterocycles. The van der Waals surface area contributed by atoms with Crippen molar-refractivity contribution in [3.8, 4) is 0 Å². The third-order valence-electron chi connectivity index (χ3n) is 4.71. The molecule has 0 aromatic carbocycles. The lowest BCUT2D eigenvalue weighted by atomic mass is 10.0. The van der Waals surface area contributed by atoms with Crippen LogP contribution in [0.25, 0.3) is 0 Å². The summed E-state index contributed by atoms with van der Waals surface area (Å²) >= 11 is 0. The van der Waals surface area contributed by atoms with Gasteiger partial charge in [0, 0.05) is 45.3 Å². The summed E-state index contributed by atoms with van der Waals surface area (Å²) in [6, 6.07) is 5.89. The van der Waals surface area contributed by atoms with E-state index in [1.807, 2.05) is 38.4 Å². The molecule has 0 saturated carbocycles. The number of nitrogens with one attached hydrogen (secondary N) is 1. The molecule has 2 aromatic rings. The van der Waals surface area contributed by atoms with E-state index in [9.17, 15) is 4.79 Å². The van der Waals surface area contributed by atoms with Crippen molar-refractivity contribution in [1.82, 2.24) is 25.4 Å². The molecule has 2 aromatic heterocycles. The number of carbonyl (C=O) groups is 1. The molecule has 0 bridgehead atoms.